The zero-order valence-electron chi connectivity index (χ0n) is 49.8. The molecule has 0 heterocycles. The molecule has 0 N–H and O–H groups in total. The van der Waals surface area contributed by atoms with E-state index < -0.39 is 6.10 Å². The first-order valence-corrected chi connectivity index (χ1v) is 32.4. The van der Waals surface area contributed by atoms with E-state index in [1.165, 1.54) is 199 Å². The second-order valence-electron chi connectivity index (χ2n) is 21.7. The molecule has 0 amide bonds. The normalized spacial score (nSPS) is 12.5. The standard InChI is InChI=1S/C69H122O6/c1-4-7-10-13-16-19-22-25-28-31-33-34-36-38-41-44-47-50-53-56-59-62-68(71)74-65-66(64-73-67(70)61-58-55-52-49-46-43-40-37-30-27-24-21-18-15-12-9-6-3)75-69(72)63-60-57-54-51-48-45-42-39-35-32-29-26-23-20-17-14-11-8-5-2/h18,21-22,25-27,29-31,33,36,38,66H,4-17,19-20,23-24,28,32,34-35,37,39-65H2,1-3H3/b21-18-,25-22-,29-26-,30-27-,33-31-,38-36-. The summed E-state index contributed by atoms with van der Waals surface area (Å²) in [4.78, 5) is 38.4. The number of allylic oxidation sites excluding steroid dienone is 12. The second kappa shape index (κ2) is 63.4. The van der Waals surface area contributed by atoms with E-state index in [-0.39, 0.29) is 31.1 Å². The lowest BCUT2D eigenvalue weighted by atomic mass is 10.1. The minimum absolute atomic E-state index is 0.0835. The number of carbonyl (C=O) groups is 3. The summed E-state index contributed by atoms with van der Waals surface area (Å²) in [6.07, 6.45) is 81.8. The van der Waals surface area contributed by atoms with Gasteiger partial charge in [-0.05, 0) is 116 Å². The molecule has 0 rings (SSSR count). The molecule has 1 unspecified atom stereocenters. The smallest absolute Gasteiger partial charge is 0.306 e. The van der Waals surface area contributed by atoms with Gasteiger partial charge < -0.3 is 14.2 Å². The molecule has 0 aliphatic heterocycles. The summed E-state index contributed by atoms with van der Waals surface area (Å²) in [5.74, 6) is -0.890. The Kier molecular flexibility index (Phi) is 60.7. The molecule has 6 heteroatoms. The van der Waals surface area contributed by atoms with Gasteiger partial charge in [-0.25, -0.2) is 0 Å². The topological polar surface area (TPSA) is 78.9 Å². The Hall–Kier alpha value is -3.15. The van der Waals surface area contributed by atoms with E-state index >= 15 is 0 Å². The molecule has 75 heavy (non-hydrogen) atoms. The third-order valence-electron chi connectivity index (χ3n) is 14.2. The summed E-state index contributed by atoms with van der Waals surface area (Å²) in [7, 11) is 0. The summed E-state index contributed by atoms with van der Waals surface area (Å²) in [5, 5.41) is 0. The molecular formula is C69H122O6. The van der Waals surface area contributed by atoms with Crippen molar-refractivity contribution in [2.24, 2.45) is 0 Å². The number of carbonyl (C=O) groups excluding carboxylic acids is 3. The van der Waals surface area contributed by atoms with Crippen molar-refractivity contribution in [2.45, 2.75) is 335 Å². The van der Waals surface area contributed by atoms with Gasteiger partial charge >= 0.3 is 17.9 Å². The second-order valence-corrected chi connectivity index (χ2v) is 21.7. The van der Waals surface area contributed by atoms with E-state index in [9.17, 15) is 14.4 Å². The van der Waals surface area contributed by atoms with Gasteiger partial charge in [-0.1, -0.05) is 267 Å². The highest BCUT2D eigenvalue weighted by Crippen LogP contribution is 2.16. The third-order valence-corrected chi connectivity index (χ3v) is 14.2. The van der Waals surface area contributed by atoms with Crippen LogP contribution in [0.3, 0.4) is 0 Å². The van der Waals surface area contributed by atoms with Crippen molar-refractivity contribution >= 4 is 17.9 Å². The van der Waals surface area contributed by atoms with E-state index in [2.05, 4.69) is 93.7 Å². The highest BCUT2D eigenvalue weighted by molar-refractivity contribution is 5.71. The van der Waals surface area contributed by atoms with E-state index in [0.717, 1.165) is 89.9 Å². The number of hydrogen-bond donors (Lipinski definition) is 0. The van der Waals surface area contributed by atoms with E-state index in [4.69, 9.17) is 14.2 Å². The zero-order valence-corrected chi connectivity index (χ0v) is 49.8. The molecule has 0 saturated heterocycles. The number of hydrogen-bond acceptors (Lipinski definition) is 6. The van der Waals surface area contributed by atoms with E-state index in [1.807, 2.05) is 0 Å². The van der Waals surface area contributed by atoms with Crippen LogP contribution in [0.15, 0.2) is 72.9 Å². The first-order valence-electron chi connectivity index (χ1n) is 32.4. The summed E-state index contributed by atoms with van der Waals surface area (Å²) in [6, 6.07) is 0. The van der Waals surface area contributed by atoms with Crippen molar-refractivity contribution in [3.05, 3.63) is 72.9 Å². The van der Waals surface area contributed by atoms with E-state index in [1.54, 1.807) is 0 Å². The molecule has 0 aromatic heterocycles. The van der Waals surface area contributed by atoms with Gasteiger partial charge in [0.1, 0.15) is 13.2 Å². The summed E-state index contributed by atoms with van der Waals surface area (Å²) in [6.45, 7) is 6.62. The van der Waals surface area contributed by atoms with Gasteiger partial charge in [0.2, 0.25) is 0 Å². The van der Waals surface area contributed by atoms with Crippen LogP contribution in [0.1, 0.15) is 329 Å². The SMILES string of the molecule is CCCCC/C=C\C/C=C\CCCCCCCCCC(=O)OCC(COC(=O)CCCCCCCC/C=C\C/C=C\C/C=C\CCCCCCC)OC(=O)CCCCCCCCCCC/C=C\CCCCCCCC. The fourth-order valence-electron chi connectivity index (χ4n) is 9.24. The van der Waals surface area contributed by atoms with Crippen LogP contribution in [0, 0.1) is 0 Å². The molecule has 6 nitrogen and oxygen atoms in total. The third kappa shape index (κ3) is 61.6. The average Bonchev–Trinajstić information content (AvgIpc) is 3.41. The van der Waals surface area contributed by atoms with Crippen LogP contribution in [0.4, 0.5) is 0 Å². The van der Waals surface area contributed by atoms with Gasteiger partial charge in [0.05, 0.1) is 0 Å². The predicted molar refractivity (Wildman–Crippen MR) is 325 cm³/mol. The quantitative estimate of drug-likeness (QED) is 0.0261. The van der Waals surface area contributed by atoms with Gasteiger partial charge in [-0.3, -0.25) is 14.4 Å². The lowest BCUT2D eigenvalue weighted by Crippen LogP contribution is -2.30. The maximum Gasteiger partial charge on any atom is 0.306 e. The Morgan fingerprint density at radius 3 is 0.787 bits per heavy atom. The molecule has 0 fully saturated rings. The monoisotopic (exact) mass is 1050 g/mol. The Bertz CT molecular complexity index is 1390. The Morgan fingerprint density at radius 2 is 0.480 bits per heavy atom. The van der Waals surface area contributed by atoms with Crippen LogP contribution in [0.5, 0.6) is 0 Å². The molecule has 0 saturated carbocycles. The Labute approximate surface area is 465 Å². The van der Waals surface area contributed by atoms with Crippen molar-refractivity contribution in [3.63, 3.8) is 0 Å². The van der Waals surface area contributed by atoms with Crippen molar-refractivity contribution in [1.29, 1.82) is 0 Å². The zero-order chi connectivity index (χ0) is 54.3. The average molecular weight is 1050 g/mol. The van der Waals surface area contributed by atoms with Gasteiger partial charge in [0, 0.05) is 19.3 Å². The van der Waals surface area contributed by atoms with Crippen LogP contribution in [-0.2, 0) is 28.6 Å². The Morgan fingerprint density at radius 1 is 0.267 bits per heavy atom. The van der Waals surface area contributed by atoms with Crippen LogP contribution in [-0.4, -0.2) is 37.2 Å². The lowest BCUT2D eigenvalue weighted by molar-refractivity contribution is -0.167. The number of esters is 3. The summed E-state index contributed by atoms with van der Waals surface area (Å²) < 4.78 is 16.9. The molecule has 0 bridgehead atoms. The molecular weight excluding hydrogens is 925 g/mol. The van der Waals surface area contributed by atoms with Gasteiger partial charge in [0.15, 0.2) is 6.10 Å². The van der Waals surface area contributed by atoms with Crippen LogP contribution >= 0.6 is 0 Å². The predicted octanol–water partition coefficient (Wildman–Crippen LogP) is 22.1. The highest BCUT2D eigenvalue weighted by Gasteiger charge is 2.19. The van der Waals surface area contributed by atoms with E-state index in [0.29, 0.717) is 19.3 Å². The van der Waals surface area contributed by atoms with Gasteiger partial charge in [-0.15, -0.1) is 0 Å². The molecule has 0 spiro atoms. The lowest BCUT2D eigenvalue weighted by Gasteiger charge is -2.18. The molecule has 0 radical (unpaired) electrons. The largest absolute Gasteiger partial charge is 0.462 e. The summed E-state index contributed by atoms with van der Waals surface area (Å²) >= 11 is 0. The maximum absolute atomic E-state index is 12.9. The first kappa shape index (κ1) is 71.8. The number of ether oxygens (including phenoxy) is 3. The fourth-order valence-corrected chi connectivity index (χ4v) is 9.24. The Balaban J connectivity index is 4.40. The van der Waals surface area contributed by atoms with Crippen molar-refractivity contribution < 1.29 is 28.6 Å². The number of rotatable bonds is 59. The van der Waals surface area contributed by atoms with Crippen LogP contribution in [0.25, 0.3) is 0 Å². The molecule has 0 aliphatic rings. The van der Waals surface area contributed by atoms with Crippen molar-refractivity contribution in [3.8, 4) is 0 Å². The minimum atomic E-state index is -0.787. The van der Waals surface area contributed by atoms with Gasteiger partial charge in [-0.2, -0.15) is 0 Å². The molecule has 0 aromatic carbocycles. The summed E-state index contributed by atoms with van der Waals surface area (Å²) in [5.41, 5.74) is 0. The molecule has 1 atom stereocenters. The molecule has 0 aromatic rings. The first-order chi connectivity index (χ1) is 37.0. The van der Waals surface area contributed by atoms with Crippen molar-refractivity contribution in [1.82, 2.24) is 0 Å². The van der Waals surface area contributed by atoms with Crippen LogP contribution < -0.4 is 0 Å². The fraction of sp³-hybridized carbons (Fsp3) is 0.783. The molecule has 434 valence electrons. The number of unbranched alkanes of at least 4 members (excludes halogenated alkanes) is 36. The molecule has 0 aliphatic carbocycles. The minimum Gasteiger partial charge on any atom is -0.462 e. The maximum atomic E-state index is 12.9. The highest BCUT2D eigenvalue weighted by atomic mass is 16.6. The van der Waals surface area contributed by atoms with Crippen molar-refractivity contribution in [2.75, 3.05) is 13.2 Å². The van der Waals surface area contributed by atoms with Gasteiger partial charge in [0.25, 0.3) is 0 Å². The van der Waals surface area contributed by atoms with Crippen LogP contribution in [0.2, 0.25) is 0 Å².